The van der Waals surface area contributed by atoms with E-state index in [-0.39, 0.29) is 25.1 Å². The highest BCUT2D eigenvalue weighted by atomic mass is 16.3. The summed E-state index contributed by atoms with van der Waals surface area (Å²) in [7, 11) is 1.80. The minimum atomic E-state index is -0.904. The lowest BCUT2D eigenvalue weighted by molar-refractivity contribution is -0.134. The Morgan fingerprint density at radius 1 is 1.13 bits per heavy atom. The van der Waals surface area contributed by atoms with E-state index in [1.165, 1.54) is 4.90 Å². The molecule has 9 heteroatoms. The van der Waals surface area contributed by atoms with Crippen LogP contribution in [0, 0.1) is 0 Å². The first-order valence-corrected chi connectivity index (χ1v) is 10.1. The predicted octanol–water partition coefficient (Wildman–Crippen LogP) is 1.31. The van der Waals surface area contributed by atoms with Gasteiger partial charge in [-0.05, 0) is 24.5 Å². The summed E-state index contributed by atoms with van der Waals surface area (Å²) in [4.78, 5) is 40.2. The van der Waals surface area contributed by atoms with E-state index in [0.717, 1.165) is 11.4 Å². The molecule has 158 valence electrons. The van der Waals surface area contributed by atoms with Crippen molar-refractivity contribution < 1.29 is 14.7 Å². The number of anilines is 2. The van der Waals surface area contributed by atoms with Gasteiger partial charge in [0.1, 0.15) is 11.4 Å². The molecule has 2 N–H and O–H groups in total. The molecule has 1 aromatic carbocycles. The van der Waals surface area contributed by atoms with E-state index < -0.39 is 5.54 Å². The molecule has 4 rings (SSSR count). The molecule has 0 bridgehead atoms. The second-order valence-electron chi connectivity index (χ2n) is 7.55. The van der Waals surface area contributed by atoms with E-state index in [0.29, 0.717) is 38.4 Å². The number of nitrogens with zero attached hydrogens (tertiary/aromatic N) is 5. The maximum Gasteiger partial charge on any atom is 0.328 e. The number of benzene rings is 1. The van der Waals surface area contributed by atoms with E-state index >= 15 is 0 Å². The molecule has 0 radical (unpaired) electrons. The van der Waals surface area contributed by atoms with E-state index in [1.807, 2.05) is 35.2 Å². The SMILES string of the molecule is CNc1ccnc(N2CCC3(CC2)C(=O)N(CCO)C(=O)N3Cc2ccccc2)n1. The van der Waals surface area contributed by atoms with Gasteiger partial charge in [-0.15, -0.1) is 0 Å². The number of β-amino-alcohol motifs (C(OH)–C–C–N with tert-alkyl or cyclic N) is 1. The van der Waals surface area contributed by atoms with Gasteiger partial charge in [0.25, 0.3) is 5.91 Å². The third-order valence-electron chi connectivity index (χ3n) is 5.90. The Hall–Kier alpha value is -3.20. The second kappa shape index (κ2) is 8.27. The number of hydrogen-bond acceptors (Lipinski definition) is 7. The van der Waals surface area contributed by atoms with Gasteiger partial charge in [0.05, 0.1) is 13.2 Å². The normalized spacial score (nSPS) is 18.4. The van der Waals surface area contributed by atoms with Crippen LogP contribution in [0.3, 0.4) is 0 Å². The fourth-order valence-electron chi connectivity index (χ4n) is 4.26. The van der Waals surface area contributed by atoms with Crippen LogP contribution in [-0.4, -0.2) is 75.6 Å². The number of rotatable bonds is 6. The topological polar surface area (TPSA) is 102 Å². The number of carbonyl (C=O) groups is 2. The fourth-order valence-corrected chi connectivity index (χ4v) is 4.26. The van der Waals surface area contributed by atoms with Crippen molar-refractivity contribution in [2.45, 2.75) is 24.9 Å². The molecule has 2 aliphatic heterocycles. The molecule has 0 saturated carbocycles. The summed E-state index contributed by atoms with van der Waals surface area (Å²) >= 11 is 0. The Morgan fingerprint density at radius 2 is 1.87 bits per heavy atom. The Bertz CT molecular complexity index is 914. The van der Waals surface area contributed by atoms with E-state index in [4.69, 9.17) is 0 Å². The summed E-state index contributed by atoms with van der Waals surface area (Å²) in [5.74, 6) is 1.12. The third-order valence-corrected chi connectivity index (χ3v) is 5.90. The highest BCUT2D eigenvalue weighted by Crippen LogP contribution is 2.39. The van der Waals surface area contributed by atoms with E-state index in [2.05, 4.69) is 15.3 Å². The summed E-state index contributed by atoms with van der Waals surface area (Å²) in [6.45, 7) is 1.25. The maximum atomic E-state index is 13.3. The van der Waals surface area contributed by atoms with Crippen molar-refractivity contribution in [1.82, 2.24) is 19.8 Å². The van der Waals surface area contributed by atoms with Gasteiger partial charge in [0.2, 0.25) is 5.95 Å². The first-order chi connectivity index (χ1) is 14.6. The minimum Gasteiger partial charge on any atom is -0.395 e. The standard InChI is InChI=1S/C21H26N6O3/c1-22-17-7-10-23-19(24-17)25-11-8-21(9-12-25)18(29)26(13-14-28)20(30)27(21)15-16-5-3-2-4-6-16/h2-7,10,28H,8-9,11-15H2,1H3,(H,22,23,24). The van der Waals surface area contributed by atoms with Crippen LogP contribution >= 0.6 is 0 Å². The van der Waals surface area contributed by atoms with Gasteiger partial charge in [0.15, 0.2) is 0 Å². The number of aliphatic hydroxyl groups is 1. The van der Waals surface area contributed by atoms with Crippen LogP contribution in [0.15, 0.2) is 42.6 Å². The molecular weight excluding hydrogens is 384 g/mol. The minimum absolute atomic E-state index is 0.0156. The number of urea groups is 1. The first-order valence-electron chi connectivity index (χ1n) is 10.1. The monoisotopic (exact) mass is 410 g/mol. The Kier molecular flexibility index (Phi) is 5.54. The van der Waals surface area contributed by atoms with Gasteiger partial charge in [-0.3, -0.25) is 9.69 Å². The van der Waals surface area contributed by atoms with E-state index in [9.17, 15) is 14.7 Å². The van der Waals surface area contributed by atoms with Gasteiger partial charge >= 0.3 is 6.03 Å². The summed E-state index contributed by atoms with van der Waals surface area (Å²) in [6.07, 6.45) is 2.67. The zero-order valence-electron chi connectivity index (χ0n) is 17.0. The van der Waals surface area contributed by atoms with Crippen LogP contribution in [0.1, 0.15) is 18.4 Å². The number of hydrogen-bond donors (Lipinski definition) is 2. The van der Waals surface area contributed by atoms with Crippen molar-refractivity contribution in [3.05, 3.63) is 48.2 Å². The molecule has 0 atom stereocenters. The van der Waals surface area contributed by atoms with Crippen molar-refractivity contribution in [1.29, 1.82) is 0 Å². The number of carbonyl (C=O) groups excluding carboxylic acids is 2. The van der Waals surface area contributed by atoms with Crippen LogP contribution in [0.2, 0.25) is 0 Å². The summed E-state index contributed by atoms with van der Waals surface area (Å²) in [5, 5.41) is 12.4. The van der Waals surface area contributed by atoms with Crippen molar-refractivity contribution >= 4 is 23.7 Å². The Morgan fingerprint density at radius 3 is 2.53 bits per heavy atom. The number of imide groups is 1. The Labute approximate surface area is 175 Å². The number of piperidine rings is 1. The summed E-state index contributed by atoms with van der Waals surface area (Å²) < 4.78 is 0. The van der Waals surface area contributed by atoms with Crippen LogP contribution < -0.4 is 10.2 Å². The van der Waals surface area contributed by atoms with Gasteiger partial charge < -0.3 is 20.2 Å². The molecule has 0 unspecified atom stereocenters. The van der Waals surface area contributed by atoms with Crippen molar-refractivity contribution in [2.75, 3.05) is 43.5 Å². The summed E-state index contributed by atoms with van der Waals surface area (Å²) in [5.41, 5.74) is 0.0653. The largest absolute Gasteiger partial charge is 0.395 e. The molecular formula is C21H26N6O3. The molecule has 2 aromatic rings. The second-order valence-corrected chi connectivity index (χ2v) is 7.55. The first kappa shape index (κ1) is 20.1. The molecule has 30 heavy (non-hydrogen) atoms. The molecule has 0 aliphatic carbocycles. The lowest BCUT2D eigenvalue weighted by atomic mass is 9.85. The Balaban J connectivity index is 1.59. The van der Waals surface area contributed by atoms with Crippen molar-refractivity contribution in [3.63, 3.8) is 0 Å². The molecule has 3 heterocycles. The molecule has 9 nitrogen and oxygen atoms in total. The van der Waals surface area contributed by atoms with Crippen molar-refractivity contribution in [3.8, 4) is 0 Å². The fraction of sp³-hybridized carbons (Fsp3) is 0.429. The van der Waals surface area contributed by atoms with Gasteiger partial charge in [-0.25, -0.2) is 9.78 Å². The smallest absolute Gasteiger partial charge is 0.328 e. The average Bonchev–Trinajstić information content (AvgIpc) is 2.97. The lowest BCUT2D eigenvalue weighted by Gasteiger charge is -2.42. The molecule has 2 fully saturated rings. The number of nitrogens with one attached hydrogen (secondary N) is 1. The van der Waals surface area contributed by atoms with Crippen LogP contribution in [0.5, 0.6) is 0 Å². The highest BCUT2D eigenvalue weighted by Gasteiger charge is 2.57. The molecule has 1 aromatic heterocycles. The van der Waals surface area contributed by atoms with E-state index in [1.54, 1.807) is 24.2 Å². The molecule has 2 saturated heterocycles. The molecule has 3 amide bonds. The lowest BCUT2D eigenvalue weighted by Crippen LogP contribution is -2.56. The quantitative estimate of drug-likeness (QED) is 0.693. The van der Waals surface area contributed by atoms with Gasteiger partial charge in [-0.2, -0.15) is 4.98 Å². The third kappa shape index (κ3) is 3.45. The molecule has 1 spiro atoms. The summed E-state index contributed by atoms with van der Waals surface area (Å²) in [6, 6.07) is 11.1. The van der Waals surface area contributed by atoms with Gasteiger partial charge in [0, 0.05) is 32.9 Å². The molecule has 2 aliphatic rings. The number of aliphatic hydroxyl groups excluding tert-OH is 1. The van der Waals surface area contributed by atoms with Crippen LogP contribution in [-0.2, 0) is 11.3 Å². The van der Waals surface area contributed by atoms with Crippen molar-refractivity contribution in [2.24, 2.45) is 0 Å². The predicted molar refractivity (Wildman–Crippen MR) is 112 cm³/mol. The maximum absolute atomic E-state index is 13.3. The van der Waals surface area contributed by atoms with Crippen LogP contribution in [0.4, 0.5) is 16.6 Å². The average molecular weight is 410 g/mol. The van der Waals surface area contributed by atoms with Crippen LogP contribution in [0.25, 0.3) is 0 Å². The highest BCUT2D eigenvalue weighted by molar-refractivity contribution is 6.07. The van der Waals surface area contributed by atoms with Gasteiger partial charge in [-0.1, -0.05) is 30.3 Å². The number of aromatic nitrogens is 2. The zero-order chi connectivity index (χ0) is 21.1. The number of amides is 3. The zero-order valence-corrected chi connectivity index (χ0v) is 17.0.